The van der Waals surface area contributed by atoms with Crippen LogP contribution in [0.1, 0.15) is 43.7 Å². The molecule has 2 aromatic heterocycles. The first-order valence-corrected chi connectivity index (χ1v) is 5.83. The Hall–Kier alpha value is -1.69. The van der Waals surface area contributed by atoms with E-state index in [1.54, 1.807) is 6.92 Å². The van der Waals surface area contributed by atoms with E-state index >= 15 is 0 Å². The molecule has 92 valence electrons. The van der Waals surface area contributed by atoms with E-state index in [0.717, 1.165) is 19.3 Å². The maximum absolute atomic E-state index is 11.7. The van der Waals surface area contributed by atoms with E-state index in [4.69, 9.17) is 5.73 Å². The summed E-state index contributed by atoms with van der Waals surface area (Å²) in [6.45, 7) is 3.88. The maximum atomic E-state index is 11.7. The van der Waals surface area contributed by atoms with Crippen molar-refractivity contribution in [2.45, 2.75) is 39.2 Å². The van der Waals surface area contributed by atoms with Gasteiger partial charge in [0.1, 0.15) is 5.82 Å². The molecular weight excluding hydrogens is 218 g/mol. The van der Waals surface area contributed by atoms with E-state index in [-0.39, 0.29) is 11.6 Å². The summed E-state index contributed by atoms with van der Waals surface area (Å²) in [6.07, 6.45) is 2.98. The minimum absolute atomic E-state index is 0.158. The number of hydrogen-bond donors (Lipinski definition) is 2. The van der Waals surface area contributed by atoms with Crippen molar-refractivity contribution < 1.29 is 0 Å². The topological polar surface area (TPSA) is 89.1 Å². The fraction of sp³-hybridized carbons (Fsp3) is 0.545. The smallest absolute Gasteiger partial charge is 0.274 e. The van der Waals surface area contributed by atoms with Crippen LogP contribution in [0.4, 0.5) is 0 Å². The highest BCUT2D eigenvalue weighted by Gasteiger charge is 2.12. The van der Waals surface area contributed by atoms with Crippen LogP contribution in [-0.2, 0) is 0 Å². The first-order chi connectivity index (χ1) is 8.11. The lowest BCUT2D eigenvalue weighted by molar-refractivity contribution is 0.574. The molecule has 0 radical (unpaired) electrons. The van der Waals surface area contributed by atoms with Crippen molar-refractivity contribution in [1.29, 1.82) is 0 Å². The molecule has 0 aliphatic rings. The third-order valence-corrected chi connectivity index (χ3v) is 2.70. The molecule has 1 atom stereocenters. The van der Waals surface area contributed by atoms with Gasteiger partial charge >= 0.3 is 0 Å². The second-order valence-corrected chi connectivity index (χ2v) is 4.23. The molecule has 1 unspecified atom stereocenters. The second-order valence-electron chi connectivity index (χ2n) is 4.23. The van der Waals surface area contributed by atoms with Crippen LogP contribution in [0.5, 0.6) is 0 Å². The zero-order chi connectivity index (χ0) is 12.4. The Bertz CT molecular complexity index is 571. The monoisotopic (exact) mass is 235 g/mol. The lowest BCUT2D eigenvalue weighted by atomic mass is 10.1. The molecule has 0 aromatic carbocycles. The summed E-state index contributed by atoms with van der Waals surface area (Å²) >= 11 is 0. The van der Waals surface area contributed by atoms with Crippen LogP contribution in [0.25, 0.3) is 5.78 Å². The van der Waals surface area contributed by atoms with Crippen LogP contribution in [0, 0.1) is 6.92 Å². The van der Waals surface area contributed by atoms with Gasteiger partial charge in [-0.3, -0.25) is 9.89 Å². The number of nitrogens with zero attached hydrogens (tertiary/aromatic N) is 3. The molecule has 2 heterocycles. The Morgan fingerprint density at radius 2 is 2.29 bits per heavy atom. The van der Waals surface area contributed by atoms with Crippen LogP contribution in [0.15, 0.2) is 10.9 Å². The summed E-state index contributed by atoms with van der Waals surface area (Å²) in [7, 11) is 0. The van der Waals surface area contributed by atoms with E-state index in [0.29, 0.717) is 17.3 Å². The molecule has 3 N–H and O–H groups in total. The van der Waals surface area contributed by atoms with Crippen LogP contribution in [-0.4, -0.2) is 19.6 Å². The SMILES string of the molecule is CCCCC(N)c1nc2nc(C)cc(=O)n2[nH]1. The molecule has 6 nitrogen and oxygen atoms in total. The van der Waals surface area contributed by atoms with Gasteiger partial charge in [-0.25, -0.2) is 4.98 Å². The van der Waals surface area contributed by atoms with Crippen molar-refractivity contribution in [3.05, 3.63) is 27.9 Å². The zero-order valence-electron chi connectivity index (χ0n) is 10.1. The third-order valence-electron chi connectivity index (χ3n) is 2.70. The summed E-state index contributed by atoms with van der Waals surface area (Å²) in [5, 5.41) is 2.91. The zero-order valence-corrected chi connectivity index (χ0v) is 10.1. The molecule has 17 heavy (non-hydrogen) atoms. The predicted octanol–water partition coefficient (Wildman–Crippen LogP) is 0.916. The number of hydrogen-bond acceptors (Lipinski definition) is 4. The molecule has 0 aliphatic carbocycles. The Morgan fingerprint density at radius 3 is 3.00 bits per heavy atom. The lowest BCUT2D eigenvalue weighted by Crippen LogP contribution is -2.16. The molecule has 0 spiro atoms. The van der Waals surface area contributed by atoms with Gasteiger partial charge in [0, 0.05) is 11.8 Å². The summed E-state index contributed by atoms with van der Waals surface area (Å²) in [6, 6.07) is 1.29. The highest BCUT2D eigenvalue weighted by molar-refractivity contribution is 5.28. The van der Waals surface area contributed by atoms with Gasteiger partial charge in [0.2, 0.25) is 0 Å². The highest BCUT2D eigenvalue weighted by Crippen LogP contribution is 2.12. The molecule has 0 fully saturated rings. The van der Waals surface area contributed by atoms with Gasteiger partial charge < -0.3 is 5.73 Å². The highest BCUT2D eigenvalue weighted by atomic mass is 16.1. The van der Waals surface area contributed by atoms with Gasteiger partial charge in [0.25, 0.3) is 11.3 Å². The minimum atomic E-state index is -0.170. The molecule has 0 bridgehead atoms. The third kappa shape index (κ3) is 2.36. The van der Waals surface area contributed by atoms with E-state index in [1.165, 1.54) is 10.6 Å². The number of H-pyrrole nitrogens is 1. The van der Waals surface area contributed by atoms with Crippen LogP contribution < -0.4 is 11.3 Å². The van der Waals surface area contributed by atoms with Gasteiger partial charge in [-0.05, 0) is 13.3 Å². The summed E-state index contributed by atoms with van der Waals surface area (Å²) in [5.74, 6) is 1.01. The molecule has 2 rings (SSSR count). The number of aryl methyl sites for hydroxylation is 1. The van der Waals surface area contributed by atoms with Crippen molar-refractivity contribution in [3.63, 3.8) is 0 Å². The van der Waals surface area contributed by atoms with Crippen LogP contribution in [0.2, 0.25) is 0 Å². The van der Waals surface area contributed by atoms with Crippen molar-refractivity contribution in [3.8, 4) is 0 Å². The number of rotatable bonds is 4. The molecule has 0 amide bonds. The van der Waals surface area contributed by atoms with Crippen molar-refractivity contribution in [2.75, 3.05) is 0 Å². The van der Waals surface area contributed by atoms with Gasteiger partial charge in [-0.1, -0.05) is 19.8 Å². The molecule has 2 aromatic rings. The Morgan fingerprint density at radius 1 is 1.53 bits per heavy atom. The number of aromatic nitrogens is 4. The van der Waals surface area contributed by atoms with Gasteiger partial charge in [0.05, 0.1) is 6.04 Å². The van der Waals surface area contributed by atoms with Crippen LogP contribution >= 0.6 is 0 Å². The average molecular weight is 235 g/mol. The Balaban J connectivity index is 2.37. The normalized spacial score (nSPS) is 13.1. The van der Waals surface area contributed by atoms with E-state index in [9.17, 15) is 4.79 Å². The maximum Gasteiger partial charge on any atom is 0.274 e. The Kier molecular flexibility index (Phi) is 3.23. The molecular formula is C11H17N5O. The first-order valence-electron chi connectivity index (χ1n) is 5.83. The number of unbranched alkanes of at least 4 members (excludes halogenated alkanes) is 1. The number of nitrogens with one attached hydrogen (secondary N) is 1. The van der Waals surface area contributed by atoms with Gasteiger partial charge in [-0.15, -0.1) is 0 Å². The largest absolute Gasteiger partial charge is 0.321 e. The lowest BCUT2D eigenvalue weighted by Gasteiger charge is -2.05. The average Bonchev–Trinajstić information content (AvgIpc) is 2.69. The van der Waals surface area contributed by atoms with Crippen molar-refractivity contribution in [1.82, 2.24) is 19.6 Å². The quantitative estimate of drug-likeness (QED) is 0.824. The van der Waals surface area contributed by atoms with E-state index in [2.05, 4.69) is 22.0 Å². The molecule has 0 saturated heterocycles. The number of nitrogens with two attached hydrogens (primary N) is 1. The van der Waals surface area contributed by atoms with E-state index < -0.39 is 0 Å². The fourth-order valence-electron chi connectivity index (χ4n) is 1.74. The first kappa shape index (κ1) is 11.8. The number of aromatic amines is 1. The Labute approximate surface area is 98.9 Å². The minimum Gasteiger partial charge on any atom is -0.321 e. The molecule has 0 saturated carbocycles. The molecule has 6 heteroatoms. The van der Waals surface area contributed by atoms with Gasteiger partial charge in [-0.2, -0.15) is 9.50 Å². The summed E-state index contributed by atoms with van der Waals surface area (Å²) < 4.78 is 1.33. The van der Waals surface area contributed by atoms with Crippen molar-refractivity contribution >= 4 is 5.78 Å². The summed E-state index contributed by atoms with van der Waals surface area (Å²) in [4.78, 5) is 20.1. The standard InChI is InChI=1S/C11H17N5O/c1-3-4-5-8(12)10-14-11-13-7(2)6-9(17)16(11)15-10/h6,8H,3-5,12H2,1-2H3,(H,13,14,15). The fourth-order valence-corrected chi connectivity index (χ4v) is 1.74. The van der Waals surface area contributed by atoms with Gasteiger partial charge in [0.15, 0.2) is 0 Å². The number of fused-ring (bicyclic) bond motifs is 1. The second kappa shape index (κ2) is 4.67. The van der Waals surface area contributed by atoms with E-state index in [1.807, 2.05) is 0 Å². The molecule has 0 aliphatic heterocycles. The van der Waals surface area contributed by atoms with Crippen LogP contribution in [0.3, 0.4) is 0 Å². The summed E-state index contributed by atoms with van der Waals surface area (Å²) in [5.41, 5.74) is 6.50. The van der Waals surface area contributed by atoms with Crippen molar-refractivity contribution in [2.24, 2.45) is 5.73 Å². The predicted molar refractivity (Wildman–Crippen MR) is 64.8 cm³/mol.